The Kier molecular flexibility index (Phi) is 5.60. The molecule has 5 heteroatoms. The van der Waals surface area contributed by atoms with Crippen molar-refractivity contribution >= 4 is 11.6 Å². The summed E-state index contributed by atoms with van der Waals surface area (Å²) in [5.41, 5.74) is 3.17. The third-order valence-corrected chi connectivity index (χ3v) is 5.66. The molecule has 1 unspecified atom stereocenters. The lowest BCUT2D eigenvalue weighted by Crippen LogP contribution is -2.44. The average molecular weight is 378 g/mol. The number of hydrogen-bond acceptors (Lipinski definition) is 4. The molecule has 0 aromatic heterocycles. The molecule has 0 N–H and O–H groups in total. The number of amides is 1. The summed E-state index contributed by atoms with van der Waals surface area (Å²) in [6.45, 7) is 1.60. The molecular formula is C23H26N2O3. The minimum Gasteiger partial charge on any atom is -0.497 e. The van der Waals surface area contributed by atoms with Crippen LogP contribution in [0.1, 0.15) is 30.4 Å². The van der Waals surface area contributed by atoms with E-state index in [1.165, 1.54) is 5.56 Å². The van der Waals surface area contributed by atoms with Gasteiger partial charge in [0.05, 0.1) is 12.8 Å². The molecule has 0 aliphatic carbocycles. The second-order valence-corrected chi connectivity index (χ2v) is 7.52. The molecule has 2 aromatic rings. The summed E-state index contributed by atoms with van der Waals surface area (Å²) in [7, 11) is 1.64. The van der Waals surface area contributed by atoms with Gasteiger partial charge in [-0.15, -0.1) is 0 Å². The van der Waals surface area contributed by atoms with E-state index in [4.69, 9.17) is 9.57 Å². The zero-order valence-corrected chi connectivity index (χ0v) is 16.2. The summed E-state index contributed by atoms with van der Waals surface area (Å²) in [4.78, 5) is 20.3. The number of nitrogens with zero attached hydrogens (tertiary/aromatic N) is 2. The van der Waals surface area contributed by atoms with Crippen LogP contribution in [0.4, 0.5) is 0 Å². The van der Waals surface area contributed by atoms with Gasteiger partial charge in [-0.2, -0.15) is 0 Å². The van der Waals surface area contributed by atoms with E-state index in [0.29, 0.717) is 12.3 Å². The number of methoxy groups -OCH3 is 1. The Morgan fingerprint density at radius 2 is 1.82 bits per heavy atom. The van der Waals surface area contributed by atoms with E-state index in [0.717, 1.165) is 49.4 Å². The van der Waals surface area contributed by atoms with Gasteiger partial charge in [0.1, 0.15) is 5.75 Å². The van der Waals surface area contributed by atoms with Gasteiger partial charge in [0, 0.05) is 19.5 Å². The minimum atomic E-state index is -0.497. The van der Waals surface area contributed by atoms with Crippen molar-refractivity contribution in [1.82, 2.24) is 4.90 Å². The van der Waals surface area contributed by atoms with E-state index >= 15 is 0 Å². The Morgan fingerprint density at radius 1 is 1.11 bits per heavy atom. The molecule has 146 valence electrons. The molecule has 0 spiro atoms. The van der Waals surface area contributed by atoms with Crippen molar-refractivity contribution in [2.75, 3.05) is 20.2 Å². The first-order valence-electron chi connectivity index (χ1n) is 9.93. The standard InChI is InChI=1S/C23H26N2O3/c1-27-20-9-7-19(8-10-20)21-16-22(28-24-21)23(26)25-13-11-18(12-14-25)15-17-5-3-2-4-6-17/h2-10,18,22H,11-16H2,1H3. The third kappa shape index (κ3) is 4.19. The number of carbonyl (C=O) groups is 1. The van der Waals surface area contributed by atoms with Crippen LogP contribution in [0, 0.1) is 5.92 Å². The fourth-order valence-corrected chi connectivity index (χ4v) is 3.97. The highest BCUT2D eigenvalue weighted by Gasteiger charge is 2.34. The highest BCUT2D eigenvalue weighted by atomic mass is 16.6. The van der Waals surface area contributed by atoms with Crippen LogP contribution in [0.2, 0.25) is 0 Å². The summed E-state index contributed by atoms with van der Waals surface area (Å²) in [5.74, 6) is 1.50. The van der Waals surface area contributed by atoms with Crippen LogP contribution in [-0.2, 0) is 16.1 Å². The summed E-state index contributed by atoms with van der Waals surface area (Å²) in [6.07, 6.45) is 3.20. The van der Waals surface area contributed by atoms with Crippen molar-refractivity contribution < 1.29 is 14.4 Å². The SMILES string of the molecule is COc1ccc(C2=NOC(C(=O)N3CCC(Cc4ccccc4)CC3)C2)cc1. The number of oxime groups is 1. The van der Waals surface area contributed by atoms with Gasteiger partial charge in [-0.3, -0.25) is 4.79 Å². The molecule has 2 aliphatic rings. The summed E-state index contributed by atoms with van der Waals surface area (Å²) in [5, 5.41) is 4.16. The number of likely N-dealkylation sites (tertiary alicyclic amines) is 1. The molecular weight excluding hydrogens is 352 g/mol. The van der Waals surface area contributed by atoms with Crippen LogP contribution < -0.4 is 4.74 Å². The zero-order valence-electron chi connectivity index (χ0n) is 16.2. The van der Waals surface area contributed by atoms with E-state index in [-0.39, 0.29) is 5.91 Å². The summed E-state index contributed by atoms with van der Waals surface area (Å²) >= 11 is 0. The van der Waals surface area contributed by atoms with Crippen LogP contribution in [0.15, 0.2) is 59.8 Å². The molecule has 1 atom stereocenters. The van der Waals surface area contributed by atoms with Crippen LogP contribution >= 0.6 is 0 Å². The molecule has 1 fully saturated rings. The Hall–Kier alpha value is -2.82. The van der Waals surface area contributed by atoms with Gasteiger partial charge >= 0.3 is 0 Å². The number of carbonyl (C=O) groups excluding carboxylic acids is 1. The predicted molar refractivity (Wildman–Crippen MR) is 108 cm³/mol. The smallest absolute Gasteiger partial charge is 0.266 e. The largest absolute Gasteiger partial charge is 0.497 e. The van der Waals surface area contributed by atoms with Crippen molar-refractivity contribution in [2.45, 2.75) is 31.8 Å². The minimum absolute atomic E-state index is 0.0606. The highest BCUT2D eigenvalue weighted by molar-refractivity contribution is 6.04. The predicted octanol–water partition coefficient (Wildman–Crippen LogP) is 3.67. The number of piperidine rings is 1. The highest BCUT2D eigenvalue weighted by Crippen LogP contribution is 2.25. The third-order valence-electron chi connectivity index (χ3n) is 5.66. The van der Waals surface area contributed by atoms with Crippen LogP contribution in [0.3, 0.4) is 0 Å². The molecule has 0 saturated carbocycles. The van der Waals surface area contributed by atoms with Gasteiger partial charge in [0.15, 0.2) is 0 Å². The maximum Gasteiger partial charge on any atom is 0.266 e. The maximum absolute atomic E-state index is 12.9. The quantitative estimate of drug-likeness (QED) is 0.798. The second-order valence-electron chi connectivity index (χ2n) is 7.52. The summed E-state index contributed by atoms with van der Waals surface area (Å²) < 4.78 is 5.18. The first kappa shape index (κ1) is 18.5. The fourth-order valence-electron chi connectivity index (χ4n) is 3.97. The molecule has 2 heterocycles. The molecule has 0 radical (unpaired) electrons. The first-order valence-corrected chi connectivity index (χ1v) is 9.93. The van der Waals surface area contributed by atoms with Crippen molar-refractivity contribution in [3.63, 3.8) is 0 Å². The number of hydrogen-bond donors (Lipinski definition) is 0. The van der Waals surface area contributed by atoms with Crippen molar-refractivity contribution in [1.29, 1.82) is 0 Å². The maximum atomic E-state index is 12.9. The van der Waals surface area contributed by atoms with Crippen molar-refractivity contribution in [3.8, 4) is 5.75 Å². The van der Waals surface area contributed by atoms with E-state index in [1.54, 1.807) is 7.11 Å². The zero-order chi connectivity index (χ0) is 19.3. The Morgan fingerprint density at radius 3 is 2.50 bits per heavy atom. The molecule has 2 aromatic carbocycles. The lowest BCUT2D eigenvalue weighted by atomic mass is 9.90. The van der Waals surface area contributed by atoms with Gasteiger partial charge in [-0.25, -0.2) is 0 Å². The van der Waals surface area contributed by atoms with Gasteiger partial charge in [-0.05, 0) is 60.6 Å². The molecule has 1 saturated heterocycles. The van der Waals surface area contributed by atoms with E-state index < -0.39 is 6.10 Å². The Bertz CT molecular complexity index is 825. The lowest BCUT2D eigenvalue weighted by Gasteiger charge is -2.33. The monoisotopic (exact) mass is 378 g/mol. The van der Waals surface area contributed by atoms with Crippen LogP contribution in [0.5, 0.6) is 5.75 Å². The average Bonchev–Trinajstić information content (AvgIpc) is 3.25. The molecule has 0 bridgehead atoms. The van der Waals surface area contributed by atoms with E-state index in [9.17, 15) is 4.79 Å². The lowest BCUT2D eigenvalue weighted by molar-refractivity contribution is -0.143. The first-order chi connectivity index (χ1) is 13.7. The number of benzene rings is 2. The van der Waals surface area contributed by atoms with Gasteiger partial charge in [0.25, 0.3) is 5.91 Å². The molecule has 28 heavy (non-hydrogen) atoms. The molecule has 4 rings (SSSR count). The van der Waals surface area contributed by atoms with Crippen molar-refractivity contribution in [3.05, 3.63) is 65.7 Å². The number of ether oxygens (including phenoxy) is 1. The van der Waals surface area contributed by atoms with Gasteiger partial charge in [-0.1, -0.05) is 35.5 Å². The van der Waals surface area contributed by atoms with E-state index in [1.807, 2.05) is 29.2 Å². The van der Waals surface area contributed by atoms with Gasteiger partial charge < -0.3 is 14.5 Å². The normalized spacial score (nSPS) is 19.8. The van der Waals surface area contributed by atoms with Crippen LogP contribution in [-0.4, -0.2) is 42.8 Å². The Labute approximate surface area is 165 Å². The van der Waals surface area contributed by atoms with E-state index in [2.05, 4.69) is 35.5 Å². The Balaban J connectivity index is 1.28. The topological polar surface area (TPSA) is 51.1 Å². The second kappa shape index (κ2) is 8.46. The molecule has 1 amide bonds. The molecule has 2 aliphatic heterocycles. The van der Waals surface area contributed by atoms with Crippen LogP contribution in [0.25, 0.3) is 0 Å². The summed E-state index contributed by atoms with van der Waals surface area (Å²) in [6, 6.07) is 18.3. The molecule has 5 nitrogen and oxygen atoms in total. The van der Waals surface area contributed by atoms with Crippen molar-refractivity contribution in [2.24, 2.45) is 11.1 Å². The fraction of sp³-hybridized carbons (Fsp3) is 0.391. The van der Waals surface area contributed by atoms with Gasteiger partial charge in [0.2, 0.25) is 6.10 Å². The number of rotatable bonds is 5.